The smallest absolute Gasteiger partial charge is 0.126 e. The lowest BCUT2D eigenvalue weighted by atomic mass is 10.2. The van der Waals surface area contributed by atoms with Gasteiger partial charge in [0.05, 0.1) is 24.3 Å². The van der Waals surface area contributed by atoms with E-state index in [-0.39, 0.29) is 0 Å². The van der Waals surface area contributed by atoms with Crippen molar-refractivity contribution in [2.45, 2.75) is 32.6 Å². The Bertz CT molecular complexity index is 657. The van der Waals surface area contributed by atoms with Crippen molar-refractivity contribution in [3.8, 4) is 0 Å². The molecule has 0 aromatic carbocycles. The molecule has 1 unspecified atom stereocenters. The molecule has 6 nitrogen and oxygen atoms in total. The van der Waals surface area contributed by atoms with Crippen LogP contribution in [-0.4, -0.2) is 64.0 Å². The van der Waals surface area contributed by atoms with Gasteiger partial charge in [0.2, 0.25) is 0 Å². The highest BCUT2D eigenvalue weighted by Gasteiger charge is 2.28. The fourth-order valence-electron chi connectivity index (χ4n) is 3.80. The van der Waals surface area contributed by atoms with E-state index in [0.717, 1.165) is 52.4 Å². The largest absolute Gasteiger partial charge is 0.472 e. The molecule has 2 aliphatic rings. The van der Waals surface area contributed by atoms with Crippen molar-refractivity contribution in [1.29, 1.82) is 0 Å². The number of likely N-dealkylation sites (N-methyl/N-ethyl adjacent to an activating group) is 1. The second-order valence-electron chi connectivity index (χ2n) is 7.12. The summed E-state index contributed by atoms with van der Waals surface area (Å²) in [5.41, 5.74) is 2.60. The molecule has 0 saturated carbocycles. The van der Waals surface area contributed by atoms with E-state index in [1.165, 1.54) is 17.1 Å². The summed E-state index contributed by atoms with van der Waals surface area (Å²) < 4.78 is 7.64. The minimum absolute atomic E-state index is 0.342. The van der Waals surface area contributed by atoms with E-state index in [1.54, 1.807) is 6.26 Å². The Balaban J connectivity index is 1.44. The molecule has 0 radical (unpaired) electrons. The highest BCUT2D eigenvalue weighted by atomic mass is 16.3. The van der Waals surface area contributed by atoms with E-state index >= 15 is 0 Å². The molecule has 0 spiro atoms. The minimum atomic E-state index is 0.342. The van der Waals surface area contributed by atoms with Crippen LogP contribution in [0.4, 0.5) is 0 Å². The molecular weight excluding hydrogens is 302 g/mol. The monoisotopic (exact) mass is 329 g/mol. The molecule has 130 valence electrons. The van der Waals surface area contributed by atoms with Gasteiger partial charge in [-0.25, -0.2) is 4.98 Å². The molecule has 2 aliphatic heterocycles. The van der Waals surface area contributed by atoms with Crippen LogP contribution in [0.3, 0.4) is 0 Å². The van der Waals surface area contributed by atoms with Crippen LogP contribution >= 0.6 is 0 Å². The van der Waals surface area contributed by atoms with Crippen molar-refractivity contribution < 1.29 is 4.42 Å². The summed E-state index contributed by atoms with van der Waals surface area (Å²) in [4.78, 5) is 12.2. The van der Waals surface area contributed by atoms with Gasteiger partial charge < -0.3 is 13.9 Å². The first-order chi connectivity index (χ1) is 11.7. The number of hydrogen-bond donors (Lipinski definition) is 0. The van der Waals surface area contributed by atoms with Gasteiger partial charge in [0, 0.05) is 64.1 Å². The summed E-state index contributed by atoms with van der Waals surface area (Å²) in [6, 6.07) is 2.39. The van der Waals surface area contributed by atoms with Crippen LogP contribution < -0.4 is 0 Å². The molecule has 0 amide bonds. The second kappa shape index (κ2) is 6.70. The van der Waals surface area contributed by atoms with Crippen LogP contribution in [-0.2, 0) is 19.6 Å². The topological polar surface area (TPSA) is 40.7 Å². The maximum atomic E-state index is 5.20. The zero-order valence-electron chi connectivity index (χ0n) is 14.7. The van der Waals surface area contributed by atoms with Gasteiger partial charge in [-0.15, -0.1) is 0 Å². The summed E-state index contributed by atoms with van der Waals surface area (Å²) in [5, 5.41) is 0. The van der Waals surface area contributed by atoms with Crippen molar-refractivity contribution in [2.24, 2.45) is 0 Å². The van der Waals surface area contributed by atoms with Crippen LogP contribution in [0.2, 0.25) is 0 Å². The van der Waals surface area contributed by atoms with Gasteiger partial charge in [-0.05, 0) is 20.0 Å². The van der Waals surface area contributed by atoms with Crippen LogP contribution in [0.5, 0.6) is 0 Å². The standard InChI is InChI=1S/C18H27N5O/c1-15-18-19-11-17(13-21-6-4-20(2)5-7-21)23(18)9-8-22(15)12-16-3-10-24-14-16/h3,10-11,14-15H,4-9,12-13H2,1-2H3. The first-order valence-corrected chi connectivity index (χ1v) is 8.91. The third-order valence-corrected chi connectivity index (χ3v) is 5.45. The Kier molecular flexibility index (Phi) is 4.43. The fraction of sp³-hybridized carbons (Fsp3) is 0.611. The molecule has 0 bridgehead atoms. The molecule has 24 heavy (non-hydrogen) atoms. The average molecular weight is 329 g/mol. The minimum Gasteiger partial charge on any atom is -0.472 e. The third-order valence-electron chi connectivity index (χ3n) is 5.45. The molecule has 6 heteroatoms. The molecule has 2 aromatic heterocycles. The number of rotatable bonds is 4. The average Bonchev–Trinajstić information content (AvgIpc) is 3.23. The molecule has 4 rings (SSSR count). The Morgan fingerprint density at radius 2 is 1.96 bits per heavy atom. The molecule has 4 heterocycles. The fourth-order valence-corrected chi connectivity index (χ4v) is 3.80. The van der Waals surface area contributed by atoms with Crippen molar-refractivity contribution in [3.63, 3.8) is 0 Å². The van der Waals surface area contributed by atoms with E-state index < -0.39 is 0 Å². The lowest BCUT2D eigenvalue weighted by molar-refractivity contribution is 0.136. The first kappa shape index (κ1) is 15.9. The maximum Gasteiger partial charge on any atom is 0.126 e. The Hall–Kier alpha value is -1.63. The van der Waals surface area contributed by atoms with Gasteiger partial charge in [0.25, 0.3) is 0 Å². The van der Waals surface area contributed by atoms with E-state index in [4.69, 9.17) is 9.40 Å². The lowest BCUT2D eigenvalue weighted by Crippen LogP contribution is -2.44. The summed E-state index contributed by atoms with van der Waals surface area (Å²) in [5.74, 6) is 1.20. The number of nitrogens with zero attached hydrogens (tertiary/aromatic N) is 5. The molecule has 2 aromatic rings. The number of piperazine rings is 1. The summed E-state index contributed by atoms with van der Waals surface area (Å²) in [6.07, 6.45) is 5.68. The zero-order valence-corrected chi connectivity index (χ0v) is 14.7. The summed E-state index contributed by atoms with van der Waals surface area (Å²) in [6.45, 7) is 10.9. The van der Waals surface area contributed by atoms with E-state index in [1.807, 2.05) is 12.3 Å². The number of hydrogen-bond acceptors (Lipinski definition) is 5. The molecule has 0 aliphatic carbocycles. The SMILES string of the molecule is CC1c2ncc(CN3CCN(C)CC3)n2CCN1Cc1ccoc1. The Morgan fingerprint density at radius 3 is 2.71 bits per heavy atom. The van der Waals surface area contributed by atoms with E-state index in [2.05, 4.69) is 39.4 Å². The molecule has 1 fully saturated rings. The van der Waals surface area contributed by atoms with Gasteiger partial charge in [0.1, 0.15) is 5.82 Å². The van der Waals surface area contributed by atoms with Gasteiger partial charge in [0.15, 0.2) is 0 Å². The highest BCUT2D eigenvalue weighted by molar-refractivity contribution is 5.13. The van der Waals surface area contributed by atoms with Crippen LogP contribution in [0.15, 0.2) is 29.2 Å². The Labute approximate surface area is 143 Å². The number of imidazole rings is 1. The predicted octanol–water partition coefficient (Wildman–Crippen LogP) is 1.80. The highest BCUT2D eigenvalue weighted by Crippen LogP contribution is 2.27. The van der Waals surface area contributed by atoms with Gasteiger partial charge in [-0.2, -0.15) is 0 Å². The lowest BCUT2D eigenvalue weighted by Gasteiger charge is -2.35. The van der Waals surface area contributed by atoms with Crippen molar-refractivity contribution in [3.05, 3.63) is 41.9 Å². The van der Waals surface area contributed by atoms with Crippen molar-refractivity contribution in [1.82, 2.24) is 24.3 Å². The Morgan fingerprint density at radius 1 is 1.12 bits per heavy atom. The summed E-state index contributed by atoms with van der Waals surface area (Å²) >= 11 is 0. The quantitative estimate of drug-likeness (QED) is 0.855. The second-order valence-corrected chi connectivity index (χ2v) is 7.12. The molecular formula is C18H27N5O. The molecule has 0 N–H and O–H groups in total. The van der Waals surface area contributed by atoms with E-state index in [9.17, 15) is 0 Å². The normalized spacial score (nSPS) is 23.5. The number of fused-ring (bicyclic) bond motifs is 1. The molecule has 1 saturated heterocycles. The van der Waals surface area contributed by atoms with Crippen molar-refractivity contribution in [2.75, 3.05) is 39.8 Å². The summed E-state index contributed by atoms with van der Waals surface area (Å²) in [7, 11) is 2.20. The predicted molar refractivity (Wildman–Crippen MR) is 92.5 cm³/mol. The number of furan rings is 1. The van der Waals surface area contributed by atoms with Gasteiger partial charge in [-0.3, -0.25) is 9.80 Å². The third kappa shape index (κ3) is 3.14. The molecule has 1 atom stereocenters. The number of aromatic nitrogens is 2. The van der Waals surface area contributed by atoms with Crippen LogP contribution in [0.1, 0.15) is 30.0 Å². The first-order valence-electron chi connectivity index (χ1n) is 8.91. The van der Waals surface area contributed by atoms with Gasteiger partial charge >= 0.3 is 0 Å². The van der Waals surface area contributed by atoms with Crippen molar-refractivity contribution >= 4 is 0 Å². The van der Waals surface area contributed by atoms with Gasteiger partial charge in [-0.1, -0.05) is 0 Å². The van der Waals surface area contributed by atoms with Crippen LogP contribution in [0.25, 0.3) is 0 Å². The van der Waals surface area contributed by atoms with E-state index in [0.29, 0.717) is 6.04 Å². The maximum absolute atomic E-state index is 5.20. The zero-order chi connectivity index (χ0) is 16.5. The van der Waals surface area contributed by atoms with Crippen LogP contribution in [0, 0.1) is 0 Å².